The third kappa shape index (κ3) is 5.01. The minimum Gasteiger partial charge on any atom is -0.493 e. The lowest BCUT2D eigenvalue weighted by molar-refractivity contribution is 0.0502. The molecular formula is C27H23F2NO5. The molecule has 1 aromatic heterocycles. The number of carbonyl (C=O) groups is 1. The van der Waals surface area contributed by atoms with Crippen molar-refractivity contribution in [2.24, 2.45) is 0 Å². The van der Waals surface area contributed by atoms with E-state index in [0.717, 1.165) is 12.1 Å². The summed E-state index contributed by atoms with van der Waals surface area (Å²) >= 11 is 0. The molecule has 0 bridgehead atoms. The molecular weight excluding hydrogens is 456 g/mol. The molecule has 0 saturated heterocycles. The SMILES string of the molecule is CCCOC(=O)c1cc(-c2ccc(F)cc2F)ccc1Oc1ccnc2cc(OC)c(OC)cc12. The molecule has 0 aliphatic rings. The first kappa shape index (κ1) is 23.9. The number of rotatable bonds is 8. The number of hydrogen-bond acceptors (Lipinski definition) is 6. The zero-order valence-corrected chi connectivity index (χ0v) is 19.4. The molecule has 0 atom stereocenters. The molecule has 1 heterocycles. The Bertz CT molecular complexity index is 1390. The van der Waals surface area contributed by atoms with Gasteiger partial charge in [-0.2, -0.15) is 0 Å². The average molecular weight is 479 g/mol. The second-order valence-electron chi connectivity index (χ2n) is 7.61. The highest BCUT2D eigenvalue weighted by Crippen LogP contribution is 2.38. The lowest BCUT2D eigenvalue weighted by atomic mass is 10.0. The Morgan fingerprint density at radius 3 is 2.37 bits per heavy atom. The molecule has 0 amide bonds. The van der Waals surface area contributed by atoms with Gasteiger partial charge < -0.3 is 18.9 Å². The predicted octanol–water partition coefficient (Wildman–Crippen LogP) is 6.56. The number of esters is 1. The van der Waals surface area contributed by atoms with Gasteiger partial charge in [-0.1, -0.05) is 13.0 Å². The Morgan fingerprint density at radius 1 is 0.886 bits per heavy atom. The first-order chi connectivity index (χ1) is 16.9. The number of halogens is 2. The normalized spacial score (nSPS) is 10.8. The Morgan fingerprint density at radius 2 is 1.66 bits per heavy atom. The molecule has 8 heteroatoms. The number of benzene rings is 3. The summed E-state index contributed by atoms with van der Waals surface area (Å²) in [7, 11) is 3.06. The fourth-order valence-corrected chi connectivity index (χ4v) is 3.60. The van der Waals surface area contributed by atoms with E-state index in [4.69, 9.17) is 18.9 Å². The number of methoxy groups -OCH3 is 2. The maximum atomic E-state index is 14.4. The summed E-state index contributed by atoms with van der Waals surface area (Å²) in [4.78, 5) is 17.2. The van der Waals surface area contributed by atoms with Crippen molar-refractivity contribution in [2.75, 3.05) is 20.8 Å². The van der Waals surface area contributed by atoms with Crippen LogP contribution in [0, 0.1) is 11.6 Å². The summed E-state index contributed by atoms with van der Waals surface area (Å²) in [5.41, 5.74) is 1.23. The molecule has 0 aliphatic heterocycles. The number of pyridine rings is 1. The number of nitrogens with zero attached hydrogens (tertiary/aromatic N) is 1. The van der Waals surface area contributed by atoms with Gasteiger partial charge >= 0.3 is 5.97 Å². The molecule has 0 unspecified atom stereocenters. The molecule has 0 spiro atoms. The molecule has 0 fully saturated rings. The van der Waals surface area contributed by atoms with Crippen LogP contribution < -0.4 is 14.2 Å². The van der Waals surface area contributed by atoms with Crippen LogP contribution in [0.5, 0.6) is 23.0 Å². The number of carbonyl (C=O) groups excluding carboxylic acids is 1. The lowest BCUT2D eigenvalue weighted by Crippen LogP contribution is -2.08. The van der Waals surface area contributed by atoms with Gasteiger partial charge in [0.05, 0.1) is 26.3 Å². The molecule has 0 aliphatic carbocycles. The van der Waals surface area contributed by atoms with Crippen molar-refractivity contribution in [1.82, 2.24) is 4.98 Å². The van der Waals surface area contributed by atoms with Gasteiger partial charge in [-0.15, -0.1) is 0 Å². The molecule has 0 N–H and O–H groups in total. The van der Waals surface area contributed by atoms with E-state index in [0.29, 0.717) is 40.1 Å². The zero-order valence-electron chi connectivity index (χ0n) is 19.4. The molecule has 6 nitrogen and oxygen atoms in total. The standard InChI is InChI=1S/C27H23F2NO5/c1-4-11-34-27(31)20-12-16(18-7-6-17(28)13-21(18)29)5-8-23(20)35-24-9-10-30-22-15-26(33-3)25(32-2)14-19(22)24/h5-10,12-15H,4,11H2,1-3H3. The fourth-order valence-electron chi connectivity index (χ4n) is 3.60. The first-order valence-electron chi connectivity index (χ1n) is 10.9. The lowest BCUT2D eigenvalue weighted by Gasteiger charge is -2.15. The zero-order chi connectivity index (χ0) is 24.9. The highest BCUT2D eigenvalue weighted by atomic mass is 19.1. The van der Waals surface area contributed by atoms with Crippen LogP contribution in [-0.4, -0.2) is 31.8 Å². The summed E-state index contributed by atoms with van der Waals surface area (Å²) in [5, 5.41) is 0.631. The van der Waals surface area contributed by atoms with Crippen LogP contribution in [0.25, 0.3) is 22.0 Å². The van der Waals surface area contributed by atoms with Crippen LogP contribution in [0.1, 0.15) is 23.7 Å². The van der Waals surface area contributed by atoms with E-state index in [1.165, 1.54) is 26.4 Å². The van der Waals surface area contributed by atoms with Crippen LogP contribution >= 0.6 is 0 Å². The predicted molar refractivity (Wildman–Crippen MR) is 127 cm³/mol. The van der Waals surface area contributed by atoms with Crippen LogP contribution in [0.2, 0.25) is 0 Å². The van der Waals surface area contributed by atoms with Crippen LogP contribution in [0.4, 0.5) is 8.78 Å². The minimum atomic E-state index is -0.743. The van der Waals surface area contributed by atoms with Gasteiger partial charge in [0.2, 0.25) is 0 Å². The van der Waals surface area contributed by atoms with E-state index in [-0.39, 0.29) is 23.5 Å². The van der Waals surface area contributed by atoms with Gasteiger partial charge in [0.1, 0.15) is 28.7 Å². The van der Waals surface area contributed by atoms with Gasteiger partial charge in [0.15, 0.2) is 11.5 Å². The van der Waals surface area contributed by atoms with Crippen LogP contribution in [0.15, 0.2) is 60.8 Å². The monoisotopic (exact) mass is 479 g/mol. The molecule has 0 radical (unpaired) electrons. The average Bonchev–Trinajstić information content (AvgIpc) is 2.87. The molecule has 4 aromatic rings. The first-order valence-corrected chi connectivity index (χ1v) is 10.9. The highest BCUT2D eigenvalue weighted by molar-refractivity contribution is 5.95. The smallest absolute Gasteiger partial charge is 0.341 e. The van der Waals surface area contributed by atoms with E-state index < -0.39 is 17.6 Å². The second kappa shape index (κ2) is 10.4. The van der Waals surface area contributed by atoms with Gasteiger partial charge in [0.25, 0.3) is 0 Å². The van der Waals surface area contributed by atoms with Crippen LogP contribution in [0.3, 0.4) is 0 Å². The largest absolute Gasteiger partial charge is 0.493 e. The summed E-state index contributed by atoms with van der Waals surface area (Å²) in [6.07, 6.45) is 2.20. The maximum absolute atomic E-state index is 14.4. The molecule has 35 heavy (non-hydrogen) atoms. The Kier molecular flexibility index (Phi) is 7.10. The van der Waals surface area contributed by atoms with Gasteiger partial charge in [0, 0.05) is 29.3 Å². The Labute approximate surface area is 201 Å². The maximum Gasteiger partial charge on any atom is 0.341 e. The third-order valence-electron chi connectivity index (χ3n) is 5.31. The Hall–Kier alpha value is -4.20. The van der Waals surface area contributed by atoms with Crippen molar-refractivity contribution in [3.05, 3.63) is 78.0 Å². The molecule has 3 aromatic carbocycles. The minimum absolute atomic E-state index is 0.102. The third-order valence-corrected chi connectivity index (χ3v) is 5.31. The van der Waals surface area contributed by atoms with E-state index in [1.54, 1.807) is 36.5 Å². The van der Waals surface area contributed by atoms with Gasteiger partial charge in [-0.25, -0.2) is 13.6 Å². The summed E-state index contributed by atoms with van der Waals surface area (Å²) in [6, 6.07) is 13.0. The highest BCUT2D eigenvalue weighted by Gasteiger charge is 2.19. The van der Waals surface area contributed by atoms with Crippen molar-refractivity contribution in [3.63, 3.8) is 0 Å². The van der Waals surface area contributed by atoms with E-state index in [2.05, 4.69) is 4.98 Å². The van der Waals surface area contributed by atoms with E-state index in [1.807, 2.05) is 6.92 Å². The van der Waals surface area contributed by atoms with Crippen LogP contribution in [-0.2, 0) is 4.74 Å². The molecule has 180 valence electrons. The van der Waals surface area contributed by atoms with Gasteiger partial charge in [-0.3, -0.25) is 4.98 Å². The van der Waals surface area contributed by atoms with Crippen molar-refractivity contribution >= 4 is 16.9 Å². The van der Waals surface area contributed by atoms with Crippen molar-refractivity contribution < 1.29 is 32.5 Å². The summed E-state index contributed by atoms with van der Waals surface area (Å²) < 4.78 is 50.0. The fraction of sp³-hybridized carbons (Fsp3) is 0.185. The number of hydrogen-bond donors (Lipinski definition) is 0. The van der Waals surface area contributed by atoms with Crippen molar-refractivity contribution in [1.29, 1.82) is 0 Å². The molecule has 0 saturated carbocycles. The number of ether oxygens (including phenoxy) is 4. The van der Waals surface area contributed by atoms with Crippen molar-refractivity contribution in [2.45, 2.75) is 13.3 Å². The number of fused-ring (bicyclic) bond motifs is 1. The summed E-state index contributed by atoms with van der Waals surface area (Å²) in [5.74, 6) is -0.426. The van der Waals surface area contributed by atoms with Gasteiger partial charge in [-0.05, 0) is 48.4 Å². The second-order valence-corrected chi connectivity index (χ2v) is 7.61. The topological polar surface area (TPSA) is 66.9 Å². The van der Waals surface area contributed by atoms with Crippen molar-refractivity contribution in [3.8, 4) is 34.1 Å². The Balaban J connectivity index is 1.80. The summed E-state index contributed by atoms with van der Waals surface area (Å²) in [6.45, 7) is 2.09. The quantitative estimate of drug-likeness (QED) is 0.267. The van der Waals surface area contributed by atoms with E-state index >= 15 is 0 Å². The number of aromatic nitrogens is 1. The molecule has 4 rings (SSSR count). The van der Waals surface area contributed by atoms with E-state index in [9.17, 15) is 13.6 Å².